The van der Waals surface area contributed by atoms with Gasteiger partial charge in [-0.25, -0.2) is 4.98 Å². The Balaban J connectivity index is 1.64. The van der Waals surface area contributed by atoms with Crippen molar-refractivity contribution in [1.82, 2.24) is 19.7 Å². The minimum Gasteiger partial charge on any atom is -0.297 e. The fourth-order valence-electron chi connectivity index (χ4n) is 2.28. The highest BCUT2D eigenvalue weighted by Gasteiger charge is 2.08. The third-order valence-electron chi connectivity index (χ3n) is 3.21. The van der Waals surface area contributed by atoms with Crippen molar-refractivity contribution in [2.45, 2.75) is 13.1 Å². The Morgan fingerprint density at radius 2 is 1.95 bits per heavy atom. The standard InChI is InChI=1S/C16H18N4S/c1-19(10-13-8-18-20(2)11-13)12-15-9-17-16(21-15)14-6-4-3-5-7-14/h3-9,11H,10,12H2,1-2H3. The van der Waals surface area contributed by atoms with Crippen LogP contribution in [0.2, 0.25) is 0 Å². The highest BCUT2D eigenvalue weighted by atomic mass is 32.1. The maximum absolute atomic E-state index is 4.53. The van der Waals surface area contributed by atoms with E-state index in [1.807, 2.05) is 42.3 Å². The zero-order chi connectivity index (χ0) is 14.7. The minimum absolute atomic E-state index is 0.895. The normalized spacial score (nSPS) is 11.2. The molecular formula is C16H18N4S. The van der Waals surface area contributed by atoms with Gasteiger partial charge in [0.2, 0.25) is 0 Å². The molecule has 0 saturated heterocycles. The molecule has 108 valence electrons. The molecule has 5 heteroatoms. The molecule has 0 spiro atoms. The minimum atomic E-state index is 0.895. The monoisotopic (exact) mass is 298 g/mol. The summed E-state index contributed by atoms with van der Waals surface area (Å²) in [6.07, 6.45) is 5.95. The summed E-state index contributed by atoms with van der Waals surface area (Å²) in [7, 11) is 4.06. The molecule has 4 nitrogen and oxygen atoms in total. The summed E-state index contributed by atoms with van der Waals surface area (Å²) in [4.78, 5) is 8.08. The summed E-state index contributed by atoms with van der Waals surface area (Å²) in [5, 5.41) is 5.28. The number of rotatable bonds is 5. The molecule has 2 aromatic heterocycles. The summed E-state index contributed by atoms with van der Waals surface area (Å²) in [6, 6.07) is 10.3. The van der Waals surface area contributed by atoms with Crippen molar-refractivity contribution in [1.29, 1.82) is 0 Å². The molecule has 0 fully saturated rings. The van der Waals surface area contributed by atoms with Crippen LogP contribution in [0.25, 0.3) is 10.6 Å². The predicted octanol–water partition coefficient (Wildman–Crippen LogP) is 3.18. The summed E-state index contributed by atoms with van der Waals surface area (Å²) in [5.74, 6) is 0. The Kier molecular flexibility index (Phi) is 4.13. The van der Waals surface area contributed by atoms with E-state index in [0.29, 0.717) is 0 Å². The van der Waals surface area contributed by atoms with Gasteiger partial charge in [-0.3, -0.25) is 9.58 Å². The first-order valence-electron chi connectivity index (χ1n) is 6.87. The number of hydrogen-bond acceptors (Lipinski definition) is 4. The van der Waals surface area contributed by atoms with Crippen LogP contribution in [0.1, 0.15) is 10.4 Å². The Morgan fingerprint density at radius 1 is 1.14 bits per heavy atom. The molecule has 3 aromatic rings. The number of nitrogens with zero attached hydrogens (tertiary/aromatic N) is 4. The van der Waals surface area contributed by atoms with Crippen molar-refractivity contribution < 1.29 is 0 Å². The fourth-order valence-corrected chi connectivity index (χ4v) is 3.28. The summed E-state index contributed by atoms with van der Waals surface area (Å²) in [5.41, 5.74) is 2.41. The van der Waals surface area contributed by atoms with Crippen LogP contribution in [-0.2, 0) is 20.1 Å². The van der Waals surface area contributed by atoms with Gasteiger partial charge in [-0.2, -0.15) is 5.10 Å². The molecule has 0 aliphatic heterocycles. The molecule has 0 radical (unpaired) electrons. The lowest BCUT2D eigenvalue weighted by Crippen LogP contribution is -2.16. The van der Waals surface area contributed by atoms with Gasteiger partial charge in [-0.15, -0.1) is 11.3 Å². The highest BCUT2D eigenvalue weighted by Crippen LogP contribution is 2.25. The first kappa shape index (κ1) is 14.0. The number of aromatic nitrogens is 3. The molecule has 2 heterocycles. The average Bonchev–Trinajstić information content (AvgIpc) is 3.09. The third-order valence-corrected chi connectivity index (χ3v) is 4.24. The van der Waals surface area contributed by atoms with E-state index >= 15 is 0 Å². The van der Waals surface area contributed by atoms with Gasteiger partial charge in [-0.1, -0.05) is 30.3 Å². The lowest BCUT2D eigenvalue weighted by Gasteiger charge is -2.13. The second kappa shape index (κ2) is 6.20. The zero-order valence-corrected chi connectivity index (χ0v) is 13.0. The zero-order valence-electron chi connectivity index (χ0n) is 12.2. The van der Waals surface area contributed by atoms with Gasteiger partial charge < -0.3 is 0 Å². The van der Waals surface area contributed by atoms with Gasteiger partial charge in [-0.05, 0) is 7.05 Å². The number of benzene rings is 1. The van der Waals surface area contributed by atoms with E-state index < -0.39 is 0 Å². The van der Waals surface area contributed by atoms with E-state index in [2.05, 4.69) is 40.4 Å². The molecule has 0 aliphatic rings. The van der Waals surface area contributed by atoms with E-state index in [4.69, 9.17) is 0 Å². The van der Waals surface area contributed by atoms with E-state index in [0.717, 1.165) is 18.1 Å². The Morgan fingerprint density at radius 3 is 2.67 bits per heavy atom. The molecular weight excluding hydrogens is 280 g/mol. The van der Waals surface area contributed by atoms with Crippen molar-refractivity contribution in [2.75, 3.05) is 7.05 Å². The van der Waals surface area contributed by atoms with Crippen LogP contribution >= 0.6 is 11.3 Å². The molecule has 0 N–H and O–H groups in total. The van der Waals surface area contributed by atoms with E-state index in [1.54, 1.807) is 11.3 Å². The Labute approximate surface area is 128 Å². The SMILES string of the molecule is CN(Cc1cnn(C)c1)Cc1cnc(-c2ccccc2)s1. The Hall–Kier alpha value is -1.98. The van der Waals surface area contributed by atoms with Crippen molar-refractivity contribution >= 4 is 11.3 Å². The maximum atomic E-state index is 4.53. The van der Waals surface area contributed by atoms with Crippen LogP contribution in [0.3, 0.4) is 0 Å². The molecule has 0 aliphatic carbocycles. The highest BCUT2D eigenvalue weighted by molar-refractivity contribution is 7.15. The first-order chi connectivity index (χ1) is 10.2. The van der Waals surface area contributed by atoms with Crippen LogP contribution in [0, 0.1) is 0 Å². The number of thiazole rings is 1. The summed E-state index contributed by atoms with van der Waals surface area (Å²) in [6.45, 7) is 1.80. The van der Waals surface area contributed by atoms with Crippen LogP contribution in [0.4, 0.5) is 0 Å². The average molecular weight is 298 g/mol. The maximum Gasteiger partial charge on any atom is 0.123 e. The molecule has 0 amide bonds. The molecule has 3 rings (SSSR count). The largest absolute Gasteiger partial charge is 0.297 e. The molecule has 21 heavy (non-hydrogen) atoms. The van der Waals surface area contributed by atoms with Gasteiger partial charge in [0, 0.05) is 48.5 Å². The summed E-state index contributed by atoms with van der Waals surface area (Å²) < 4.78 is 1.84. The summed E-state index contributed by atoms with van der Waals surface area (Å²) >= 11 is 1.76. The predicted molar refractivity (Wildman–Crippen MR) is 85.9 cm³/mol. The lowest BCUT2D eigenvalue weighted by atomic mass is 10.2. The molecule has 0 bridgehead atoms. The molecule has 1 aromatic carbocycles. The van der Waals surface area contributed by atoms with Gasteiger partial charge in [0.25, 0.3) is 0 Å². The van der Waals surface area contributed by atoms with Gasteiger partial charge in [0.05, 0.1) is 6.20 Å². The van der Waals surface area contributed by atoms with Gasteiger partial charge in [0.1, 0.15) is 5.01 Å². The van der Waals surface area contributed by atoms with Crippen molar-refractivity contribution in [3.63, 3.8) is 0 Å². The smallest absolute Gasteiger partial charge is 0.123 e. The van der Waals surface area contributed by atoms with Gasteiger partial charge >= 0.3 is 0 Å². The lowest BCUT2D eigenvalue weighted by molar-refractivity contribution is 0.321. The second-order valence-corrected chi connectivity index (χ2v) is 6.31. The van der Waals surface area contributed by atoms with Crippen LogP contribution in [0.5, 0.6) is 0 Å². The van der Waals surface area contributed by atoms with Crippen molar-refractivity contribution in [3.05, 3.63) is 59.4 Å². The van der Waals surface area contributed by atoms with Crippen LogP contribution in [0.15, 0.2) is 48.9 Å². The van der Waals surface area contributed by atoms with Crippen molar-refractivity contribution in [2.24, 2.45) is 7.05 Å². The number of hydrogen-bond donors (Lipinski definition) is 0. The quantitative estimate of drug-likeness (QED) is 0.725. The van der Waals surface area contributed by atoms with E-state index in [9.17, 15) is 0 Å². The van der Waals surface area contributed by atoms with Gasteiger partial charge in [0.15, 0.2) is 0 Å². The number of aryl methyl sites for hydroxylation is 1. The molecule has 0 saturated carbocycles. The van der Waals surface area contributed by atoms with Crippen molar-refractivity contribution in [3.8, 4) is 10.6 Å². The molecule has 0 atom stereocenters. The topological polar surface area (TPSA) is 34.0 Å². The first-order valence-corrected chi connectivity index (χ1v) is 7.68. The Bertz CT molecular complexity index is 702. The van der Waals surface area contributed by atoms with E-state index in [-0.39, 0.29) is 0 Å². The molecule has 0 unspecified atom stereocenters. The second-order valence-electron chi connectivity index (χ2n) is 5.19. The van der Waals surface area contributed by atoms with E-state index in [1.165, 1.54) is 16.0 Å². The van der Waals surface area contributed by atoms with Crippen LogP contribution in [-0.4, -0.2) is 26.7 Å². The van der Waals surface area contributed by atoms with Crippen LogP contribution < -0.4 is 0 Å². The third kappa shape index (κ3) is 3.56. The fraction of sp³-hybridized carbons (Fsp3) is 0.250.